The summed E-state index contributed by atoms with van der Waals surface area (Å²) in [5, 5.41) is 9.25. The van der Waals surface area contributed by atoms with Crippen LogP contribution in [0.1, 0.15) is 94.4 Å². The van der Waals surface area contributed by atoms with Crippen LogP contribution in [0.25, 0.3) is 0 Å². The standard InChI is InChI=1S/C24H34N2O6.C8H17NO2.C2H6/c1-7-20-24(6,32-23(30)26-11-10-25-14-26)9-8-19(27)16(3)12-15(2)13-17(4)21(28)18(5)22(29)31-20;1-6-4-7(9(2)3)5-8(10)11-6;1-2/h8-11,14-18,20H,7,12-13H2,1-6H3;6-8,10H,4-5H2,1-3H3;1-2H3/b9-8+;;/t15?,16-,17?,18?,20?,24+;;/m1../s1. The van der Waals surface area contributed by atoms with E-state index in [-0.39, 0.29) is 35.4 Å². The predicted octanol–water partition coefficient (Wildman–Crippen LogP) is 5.44. The van der Waals surface area contributed by atoms with Crippen molar-refractivity contribution in [3.63, 3.8) is 0 Å². The van der Waals surface area contributed by atoms with Crippen LogP contribution in [0, 0.1) is 23.7 Å². The number of nitrogens with zero attached hydrogens (tertiary/aromatic N) is 3. The molecule has 11 heteroatoms. The van der Waals surface area contributed by atoms with E-state index in [1.807, 2.05) is 48.7 Å². The van der Waals surface area contributed by atoms with Crippen molar-refractivity contribution in [1.29, 1.82) is 0 Å². The molecule has 3 heterocycles. The Morgan fingerprint density at radius 3 is 2.22 bits per heavy atom. The van der Waals surface area contributed by atoms with Gasteiger partial charge in [0, 0.05) is 36.7 Å². The Morgan fingerprint density at radius 1 is 1.07 bits per heavy atom. The van der Waals surface area contributed by atoms with Crippen molar-refractivity contribution >= 4 is 23.6 Å². The molecule has 11 nitrogen and oxygen atoms in total. The van der Waals surface area contributed by atoms with Crippen LogP contribution >= 0.6 is 0 Å². The quantitative estimate of drug-likeness (QED) is 0.338. The van der Waals surface area contributed by atoms with Crippen molar-refractivity contribution in [3.8, 4) is 0 Å². The van der Waals surface area contributed by atoms with Gasteiger partial charge in [-0.1, -0.05) is 41.5 Å². The highest BCUT2D eigenvalue weighted by atomic mass is 16.6. The molecular formula is C34H57N3O8. The average Bonchev–Trinajstić information content (AvgIpc) is 3.53. The lowest BCUT2D eigenvalue weighted by molar-refractivity contribution is -0.172. The molecule has 3 rings (SSSR count). The lowest BCUT2D eigenvalue weighted by atomic mass is 9.83. The zero-order chi connectivity index (χ0) is 34.5. The molecule has 0 amide bonds. The van der Waals surface area contributed by atoms with Crippen molar-refractivity contribution in [2.24, 2.45) is 23.7 Å². The molecule has 2 aliphatic rings. The first-order chi connectivity index (χ1) is 21.1. The molecule has 256 valence electrons. The van der Waals surface area contributed by atoms with Gasteiger partial charge in [-0.25, -0.2) is 14.3 Å². The molecule has 0 bridgehead atoms. The highest BCUT2D eigenvalue weighted by Crippen LogP contribution is 2.29. The minimum Gasteiger partial charge on any atom is -0.457 e. The van der Waals surface area contributed by atoms with Crippen molar-refractivity contribution in [1.82, 2.24) is 14.5 Å². The number of aromatic nitrogens is 2. The minimum absolute atomic E-state index is 0.118. The highest BCUT2D eigenvalue weighted by Gasteiger charge is 2.41. The topological polar surface area (TPSA) is 137 Å². The maximum Gasteiger partial charge on any atom is 0.420 e. The maximum absolute atomic E-state index is 12.8. The van der Waals surface area contributed by atoms with Gasteiger partial charge in [0.05, 0.1) is 6.10 Å². The molecule has 2 aliphatic heterocycles. The predicted molar refractivity (Wildman–Crippen MR) is 172 cm³/mol. The number of cyclic esters (lactones) is 1. The molecule has 0 spiro atoms. The van der Waals surface area contributed by atoms with Crippen molar-refractivity contribution < 1.29 is 38.5 Å². The fraction of sp³-hybridized carbons (Fsp3) is 0.735. The fourth-order valence-electron chi connectivity index (χ4n) is 5.67. The number of rotatable bonds is 3. The number of carbonyl (C=O) groups is 4. The summed E-state index contributed by atoms with van der Waals surface area (Å²) in [6.45, 7) is 16.5. The molecular weight excluding hydrogens is 578 g/mol. The van der Waals surface area contributed by atoms with Crippen LogP contribution in [0.3, 0.4) is 0 Å². The molecule has 0 aliphatic carbocycles. The Labute approximate surface area is 269 Å². The summed E-state index contributed by atoms with van der Waals surface area (Å²) in [6, 6.07) is 0.466. The number of ether oxygens (including phenoxy) is 3. The largest absolute Gasteiger partial charge is 0.457 e. The van der Waals surface area contributed by atoms with Gasteiger partial charge >= 0.3 is 12.1 Å². The van der Waals surface area contributed by atoms with Gasteiger partial charge in [0.1, 0.15) is 24.1 Å². The molecule has 1 aromatic heterocycles. The van der Waals surface area contributed by atoms with Crippen LogP contribution in [0.4, 0.5) is 4.79 Å². The maximum atomic E-state index is 12.8. The molecule has 0 aromatic carbocycles. The number of aliphatic hydroxyl groups is 1. The molecule has 1 aromatic rings. The highest BCUT2D eigenvalue weighted by molar-refractivity contribution is 5.99. The summed E-state index contributed by atoms with van der Waals surface area (Å²) >= 11 is 0. The second-order valence-corrected chi connectivity index (χ2v) is 12.6. The van der Waals surface area contributed by atoms with Gasteiger partial charge in [-0.15, -0.1) is 0 Å². The normalized spacial score (nSPS) is 33.8. The molecule has 45 heavy (non-hydrogen) atoms. The third kappa shape index (κ3) is 12.4. The van der Waals surface area contributed by atoms with E-state index in [2.05, 4.69) is 9.88 Å². The van der Waals surface area contributed by atoms with E-state index in [4.69, 9.17) is 14.2 Å². The van der Waals surface area contributed by atoms with E-state index < -0.39 is 36.0 Å². The number of ketones is 2. The summed E-state index contributed by atoms with van der Waals surface area (Å²) in [6.07, 6.45) is 8.31. The Bertz CT molecular complexity index is 1090. The van der Waals surface area contributed by atoms with Gasteiger partial charge in [-0.2, -0.15) is 0 Å². The summed E-state index contributed by atoms with van der Waals surface area (Å²) in [4.78, 5) is 57.0. The lowest BCUT2D eigenvalue weighted by Crippen LogP contribution is -2.46. The molecule has 7 unspecified atom stereocenters. The smallest absolute Gasteiger partial charge is 0.420 e. The Hall–Kier alpha value is -2.89. The van der Waals surface area contributed by atoms with Gasteiger partial charge in [0.2, 0.25) is 0 Å². The number of hydrogen-bond donors (Lipinski definition) is 1. The van der Waals surface area contributed by atoms with Gasteiger partial charge in [-0.3, -0.25) is 14.4 Å². The summed E-state index contributed by atoms with van der Waals surface area (Å²) in [5.74, 6) is -2.39. The summed E-state index contributed by atoms with van der Waals surface area (Å²) in [5.41, 5.74) is -1.43. The molecule has 0 radical (unpaired) electrons. The molecule has 1 N–H and O–H groups in total. The summed E-state index contributed by atoms with van der Waals surface area (Å²) in [7, 11) is 4.07. The van der Waals surface area contributed by atoms with E-state index in [9.17, 15) is 24.3 Å². The van der Waals surface area contributed by atoms with Gasteiger partial charge in [0.15, 0.2) is 17.7 Å². The van der Waals surface area contributed by atoms with E-state index in [0.717, 1.165) is 17.4 Å². The second-order valence-electron chi connectivity index (χ2n) is 12.6. The number of allylic oxidation sites excluding steroid dienone is 1. The Kier molecular flexibility index (Phi) is 16.9. The SMILES string of the molecule is CC.CC1CC(N(C)C)CC(O)O1.CCC1OC(=O)C(C)C(=O)C(C)CC(C)C[C@@H](C)C(=O)/C=C/[C@]1(C)OC(=O)n1ccnc1. The van der Waals surface area contributed by atoms with Gasteiger partial charge < -0.3 is 24.2 Å². The Balaban J connectivity index is 0.000000649. The fourth-order valence-corrected chi connectivity index (χ4v) is 5.67. The average molecular weight is 636 g/mol. The van der Waals surface area contributed by atoms with Crippen LogP contribution < -0.4 is 0 Å². The number of aliphatic hydroxyl groups excluding tert-OH is 1. The van der Waals surface area contributed by atoms with Crippen LogP contribution in [0.2, 0.25) is 0 Å². The van der Waals surface area contributed by atoms with Crippen LogP contribution in [-0.2, 0) is 28.6 Å². The second kappa shape index (κ2) is 18.9. The lowest BCUT2D eigenvalue weighted by Gasteiger charge is -2.34. The molecule has 1 saturated heterocycles. The first-order valence-electron chi connectivity index (χ1n) is 16.3. The van der Waals surface area contributed by atoms with E-state index in [1.165, 1.54) is 30.9 Å². The van der Waals surface area contributed by atoms with Crippen LogP contribution in [0.15, 0.2) is 30.9 Å². The number of Topliss-reactive ketones (excluding diaryl/α,β-unsaturated/α-hetero) is 1. The zero-order valence-corrected chi connectivity index (χ0v) is 29.2. The molecule has 1 fully saturated rings. The monoisotopic (exact) mass is 635 g/mol. The third-order valence-corrected chi connectivity index (χ3v) is 8.33. The van der Waals surface area contributed by atoms with Crippen LogP contribution in [-0.4, -0.2) is 87.4 Å². The van der Waals surface area contributed by atoms with Gasteiger partial charge in [0.25, 0.3) is 0 Å². The van der Waals surface area contributed by atoms with Gasteiger partial charge in [-0.05, 0) is 78.6 Å². The zero-order valence-electron chi connectivity index (χ0n) is 29.2. The number of hydrogen-bond acceptors (Lipinski definition) is 10. The number of carbonyl (C=O) groups excluding carboxylic acids is 4. The van der Waals surface area contributed by atoms with Crippen molar-refractivity contribution in [3.05, 3.63) is 30.9 Å². The Morgan fingerprint density at radius 2 is 1.69 bits per heavy atom. The first-order valence-corrected chi connectivity index (χ1v) is 16.3. The molecule has 0 saturated carbocycles. The molecule has 9 atom stereocenters. The summed E-state index contributed by atoms with van der Waals surface area (Å²) < 4.78 is 17.7. The number of esters is 1. The van der Waals surface area contributed by atoms with Crippen molar-refractivity contribution in [2.45, 2.75) is 125 Å². The third-order valence-electron chi connectivity index (χ3n) is 8.33. The van der Waals surface area contributed by atoms with Crippen LogP contribution in [0.5, 0.6) is 0 Å². The first kappa shape index (κ1) is 40.1. The van der Waals surface area contributed by atoms with Crippen molar-refractivity contribution in [2.75, 3.05) is 14.1 Å². The van der Waals surface area contributed by atoms with E-state index >= 15 is 0 Å². The number of imidazole rings is 1. The minimum atomic E-state index is -1.43. The van der Waals surface area contributed by atoms with E-state index in [1.54, 1.807) is 27.7 Å². The van der Waals surface area contributed by atoms with E-state index in [0.29, 0.717) is 25.3 Å².